The Balaban J connectivity index is 2.18. The van der Waals surface area contributed by atoms with Crippen LogP contribution in [0, 0.1) is 0 Å². The fourth-order valence-corrected chi connectivity index (χ4v) is 2.79. The van der Waals surface area contributed by atoms with E-state index in [9.17, 15) is 4.79 Å². The van der Waals surface area contributed by atoms with Crippen LogP contribution in [0.15, 0.2) is 0 Å². The third kappa shape index (κ3) is 2.41. The van der Waals surface area contributed by atoms with Gasteiger partial charge in [0.05, 0.1) is 17.2 Å². The van der Waals surface area contributed by atoms with Crippen molar-refractivity contribution in [2.24, 2.45) is 0 Å². The van der Waals surface area contributed by atoms with E-state index >= 15 is 0 Å². The number of hydrogen-bond acceptors (Lipinski definition) is 5. The summed E-state index contributed by atoms with van der Waals surface area (Å²) >= 11 is 1.49. The van der Waals surface area contributed by atoms with Gasteiger partial charge in [0.15, 0.2) is 11.4 Å². The van der Waals surface area contributed by atoms with Gasteiger partial charge in [0.2, 0.25) is 0 Å². The van der Waals surface area contributed by atoms with Crippen molar-refractivity contribution in [1.29, 1.82) is 0 Å². The van der Waals surface area contributed by atoms with Crippen LogP contribution >= 0.6 is 11.3 Å². The maximum Gasteiger partial charge on any atom is 0.186 e. The first-order valence-electron chi connectivity index (χ1n) is 5.62. The Labute approximate surface area is 99.2 Å². The zero-order chi connectivity index (χ0) is 11.4. The molecule has 88 valence electrons. The maximum absolute atomic E-state index is 10.9. The number of aromatic nitrogens is 1. The first-order valence-corrected chi connectivity index (χ1v) is 6.44. The lowest BCUT2D eigenvalue weighted by molar-refractivity contribution is 0.112. The second kappa shape index (κ2) is 5.41. The molecule has 2 heterocycles. The Morgan fingerprint density at radius 2 is 2.38 bits per heavy atom. The van der Waals surface area contributed by atoms with Gasteiger partial charge in [-0.25, -0.2) is 4.98 Å². The Hall–Kier alpha value is -0.940. The number of anilines is 1. The summed E-state index contributed by atoms with van der Waals surface area (Å²) in [5.74, 6) is 0. The van der Waals surface area contributed by atoms with Crippen molar-refractivity contribution in [3.63, 3.8) is 0 Å². The van der Waals surface area contributed by atoms with Crippen molar-refractivity contribution in [3.8, 4) is 0 Å². The van der Waals surface area contributed by atoms with E-state index in [1.807, 2.05) is 6.92 Å². The lowest BCUT2D eigenvalue weighted by Gasteiger charge is -2.17. The number of carbonyl (C=O) groups excluding carboxylic acids is 1. The van der Waals surface area contributed by atoms with Crippen molar-refractivity contribution in [3.05, 3.63) is 10.6 Å². The van der Waals surface area contributed by atoms with E-state index in [0.717, 1.165) is 61.1 Å². The average molecular weight is 240 g/mol. The van der Waals surface area contributed by atoms with Gasteiger partial charge in [-0.15, -0.1) is 0 Å². The fraction of sp³-hybridized carbons (Fsp3) is 0.636. The molecule has 1 aliphatic rings. The number of nitrogens with zero attached hydrogens (tertiary/aromatic N) is 2. The van der Waals surface area contributed by atoms with E-state index in [1.165, 1.54) is 11.3 Å². The summed E-state index contributed by atoms with van der Waals surface area (Å²) in [4.78, 5) is 18.4. The van der Waals surface area contributed by atoms with E-state index in [1.54, 1.807) is 0 Å². The Morgan fingerprint density at radius 1 is 1.50 bits per heavy atom. The molecule has 5 heteroatoms. The summed E-state index contributed by atoms with van der Waals surface area (Å²) in [5, 5.41) is 0.962. The maximum atomic E-state index is 10.9. The van der Waals surface area contributed by atoms with Gasteiger partial charge in [-0.05, 0) is 12.8 Å². The van der Waals surface area contributed by atoms with Gasteiger partial charge in [-0.3, -0.25) is 4.79 Å². The molecule has 0 spiro atoms. The molecular formula is C11H16N2O2S. The highest BCUT2D eigenvalue weighted by Gasteiger charge is 2.16. The highest BCUT2D eigenvalue weighted by molar-refractivity contribution is 7.17. The van der Waals surface area contributed by atoms with Crippen LogP contribution in [0.2, 0.25) is 0 Å². The van der Waals surface area contributed by atoms with E-state index in [4.69, 9.17) is 4.74 Å². The number of carbonyl (C=O) groups is 1. The second-order valence-corrected chi connectivity index (χ2v) is 4.74. The molecule has 1 saturated heterocycles. The summed E-state index contributed by atoms with van der Waals surface area (Å²) in [5.41, 5.74) is 0.917. The van der Waals surface area contributed by atoms with Gasteiger partial charge in [-0.1, -0.05) is 18.3 Å². The molecule has 0 atom stereocenters. The van der Waals surface area contributed by atoms with Gasteiger partial charge in [0.1, 0.15) is 0 Å². The number of aldehydes is 1. The molecule has 4 nitrogen and oxygen atoms in total. The van der Waals surface area contributed by atoms with Gasteiger partial charge in [0, 0.05) is 19.7 Å². The SMILES string of the molecule is CCc1nc(N2CCCOCC2)sc1C=O. The van der Waals surface area contributed by atoms with E-state index in [0.29, 0.717) is 0 Å². The first-order chi connectivity index (χ1) is 7.85. The monoisotopic (exact) mass is 240 g/mol. The number of rotatable bonds is 3. The van der Waals surface area contributed by atoms with Crippen molar-refractivity contribution in [2.75, 3.05) is 31.2 Å². The van der Waals surface area contributed by atoms with Crippen LogP contribution in [0.25, 0.3) is 0 Å². The largest absolute Gasteiger partial charge is 0.380 e. The van der Waals surface area contributed by atoms with Gasteiger partial charge < -0.3 is 9.64 Å². The average Bonchev–Trinajstić information content (AvgIpc) is 2.54. The van der Waals surface area contributed by atoms with Crippen molar-refractivity contribution >= 4 is 22.8 Å². The van der Waals surface area contributed by atoms with Gasteiger partial charge >= 0.3 is 0 Å². The molecule has 0 unspecified atom stereocenters. The van der Waals surface area contributed by atoms with Gasteiger partial charge in [0.25, 0.3) is 0 Å². The smallest absolute Gasteiger partial charge is 0.186 e. The number of thiazole rings is 1. The third-order valence-corrected chi connectivity index (χ3v) is 3.73. The lowest BCUT2D eigenvalue weighted by Crippen LogP contribution is -2.25. The second-order valence-electron chi connectivity index (χ2n) is 3.73. The molecule has 0 radical (unpaired) electrons. The van der Waals surface area contributed by atoms with Crippen LogP contribution in [0.1, 0.15) is 28.7 Å². The van der Waals surface area contributed by atoms with E-state index in [2.05, 4.69) is 9.88 Å². The Bertz CT molecular complexity index is 357. The van der Waals surface area contributed by atoms with Crippen LogP contribution < -0.4 is 4.90 Å². The molecule has 0 saturated carbocycles. The quantitative estimate of drug-likeness (QED) is 0.755. The molecule has 0 bridgehead atoms. The molecule has 1 aromatic heterocycles. The summed E-state index contributed by atoms with van der Waals surface area (Å²) < 4.78 is 5.40. The highest BCUT2D eigenvalue weighted by Crippen LogP contribution is 2.26. The molecule has 2 rings (SSSR count). The molecule has 0 amide bonds. The van der Waals surface area contributed by atoms with Crippen LogP contribution in [-0.2, 0) is 11.2 Å². The number of ether oxygens (including phenoxy) is 1. The summed E-state index contributed by atoms with van der Waals surface area (Å²) in [6.45, 7) is 5.43. The Morgan fingerprint density at radius 3 is 3.06 bits per heavy atom. The zero-order valence-electron chi connectivity index (χ0n) is 9.44. The minimum absolute atomic E-state index is 0.747. The summed E-state index contributed by atoms with van der Waals surface area (Å²) in [6, 6.07) is 0. The highest BCUT2D eigenvalue weighted by atomic mass is 32.1. The van der Waals surface area contributed by atoms with Crippen molar-refractivity contribution in [2.45, 2.75) is 19.8 Å². The minimum atomic E-state index is 0.747. The molecule has 16 heavy (non-hydrogen) atoms. The summed E-state index contributed by atoms with van der Waals surface area (Å²) in [6.07, 6.45) is 2.75. The molecule has 1 fully saturated rings. The predicted octanol–water partition coefficient (Wildman–Crippen LogP) is 1.74. The van der Waals surface area contributed by atoms with E-state index < -0.39 is 0 Å². The van der Waals surface area contributed by atoms with Gasteiger partial charge in [-0.2, -0.15) is 0 Å². The molecule has 0 aliphatic carbocycles. The topological polar surface area (TPSA) is 42.4 Å². The molecule has 1 aromatic rings. The predicted molar refractivity (Wildman–Crippen MR) is 64.5 cm³/mol. The number of aryl methyl sites for hydroxylation is 1. The summed E-state index contributed by atoms with van der Waals surface area (Å²) in [7, 11) is 0. The fourth-order valence-electron chi connectivity index (χ4n) is 1.77. The Kier molecular flexibility index (Phi) is 3.90. The molecule has 1 aliphatic heterocycles. The van der Waals surface area contributed by atoms with Crippen molar-refractivity contribution in [1.82, 2.24) is 4.98 Å². The lowest BCUT2D eigenvalue weighted by atomic mass is 10.3. The standard InChI is InChI=1S/C11H16N2O2S/c1-2-9-10(8-14)16-11(12-9)13-4-3-6-15-7-5-13/h8H,2-7H2,1H3. The van der Waals surface area contributed by atoms with E-state index in [-0.39, 0.29) is 0 Å². The van der Waals surface area contributed by atoms with Crippen LogP contribution in [0.3, 0.4) is 0 Å². The van der Waals surface area contributed by atoms with Crippen LogP contribution in [0.5, 0.6) is 0 Å². The van der Waals surface area contributed by atoms with Crippen LogP contribution in [0.4, 0.5) is 5.13 Å². The van der Waals surface area contributed by atoms with Crippen molar-refractivity contribution < 1.29 is 9.53 Å². The number of hydrogen-bond donors (Lipinski definition) is 0. The molecule has 0 aromatic carbocycles. The molecular weight excluding hydrogens is 224 g/mol. The normalized spacial score (nSPS) is 17.2. The first kappa shape index (κ1) is 11.5. The molecule has 0 N–H and O–H groups in total. The van der Waals surface area contributed by atoms with Crippen LogP contribution in [-0.4, -0.2) is 37.6 Å². The minimum Gasteiger partial charge on any atom is -0.380 e. The third-order valence-electron chi connectivity index (χ3n) is 2.65. The zero-order valence-corrected chi connectivity index (χ0v) is 10.3.